The molecule has 0 saturated heterocycles. The van der Waals surface area contributed by atoms with Crippen LogP contribution in [-0.2, 0) is 4.79 Å². The van der Waals surface area contributed by atoms with Crippen molar-refractivity contribution >= 4 is 30.5 Å². The fourth-order valence-corrected chi connectivity index (χ4v) is 1.21. The molecule has 0 N–H and O–H groups in total. The number of aldehydes is 1. The average Bonchev–Trinajstić information content (AvgIpc) is 2.08. The number of hydrogen-bond acceptors (Lipinski definition) is 2. The molecule has 64 valence electrons. The molecule has 0 spiro atoms. The van der Waals surface area contributed by atoms with Crippen LogP contribution in [0.4, 0.5) is 0 Å². The predicted octanol–water partition coefficient (Wildman–Crippen LogP) is 2.93. The van der Waals surface area contributed by atoms with Gasteiger partial charge in [0.2, 0.25) is 0 Å². The van der Waals surface area contributed by atoms with Gasteiger partial charge in [0.15, 0.2) is 0 Å². The van der Waals surface area contributed by atoms with Crippen LogP contribution in [-0.4, -0.2) is 6.29 Å². The van der Waals surface area contributed by atoms with Gasteiger partial charge in [-0.15, -0.1) is 12.6 Å². The molecule has 1 aromatic rings. The van der Waals surface area contributed by atoms with Crippen LogP contribution in [0.5, 0.6) is 0 Å². The van der Waals surface area contributed by atoms with E-state index in [4.69, 9.17) is 11.6 Å². The van der Waals surface area contributed by atoms with E-state index >= 15 is 0 Å². The second kappa shape index (κ2) is 3.97. The maximum atomic E-state index is 10.4. The van der Waals surface area contributed by atoms with Crippen LogP contribution >= 0.6 is 24.2 Å². The minimum absolute atomic E-state index is 0.101. The molecule has 1 unspecified atom stereocenters. The lowest BCUT2D eigenvalue weighted by atomic mass is 10.0. The van der Waals surface area contributed by atoms with E-state index in [9.17, 15) is 4.79 Å². The van der Waals surface area contributed by atoms with Gasteiger partial charge in [-0.3, -0.25) is 0 Å². The summed E-state index contributed by atoms with van der Waals surface area (Å²) in [5.74, 6) is -0.101. The lowest BCUT2D eigenvalue weighted by molar-refractivity contribution is -0.108. The van der Waals surface area contributed by atoms with Gasteiger partial charge in [-0.25, -0.2) is 0 Å². The lowest BCUT2D eigenvalue weighted by Crippen LogP contribution is -1.93. The van der Waals surface area contributed by atoms with Gasteiger partial charge in [-0.05, 0) is 17.7 Å². The molecule has 0 aliphatic carbocycles. The lowest BCUT2D eigenvalue weighted by Gasteiger charge is -2.04. The van der Waals surface area contributed by atoms with Crippen molar-refractivity contribution in [1.29, 1.82) is 0 Å². The van der Waals surface area contributed by atoms with Crippen LogP contribution in [0.3, 0.4) is 0 Å². The predicted molar refractivity (Wildman–Crippen MR) is 53.2 cm³/mol. The summed E-state index contributed by atoms with van der Waals surface area (Å²) in [5.41, 5.74) is 0.924. The first kappa shape index (κ1) is 9.62. The zero-order valence-electron chi connectivity index (χ0n) is 6.62. The van der Waals surface area contributed by atoms with Gasteiger partial charge in [-0.1, -0.05) is 24.6 Å². The Morgan fingerprint density at radius 3 is 2.75 bits per heavy atom. The Labute approximate surface area is 82.1 Å². The fourth-order valence-electron chi connectivity index (χ4n) is 0.885. The van der Waals surface area contributed by atoms with Crippen molar-refractivity contribution < 1.29 is 4.79 Å². The minimum atomic E-state index is -0.101. The Hall–Kier alpha value is -0.470. The molecular weight excluding hydrogens is 192 g/mol. The summed E-state index contributed by atoms with van der Waals surface area (Å²) >= 11 is 9.95. The molecule has 0 radical (unpaired) electrons. The minimum Gasteiger partial charge on any atom is -0.303 e. The van der Waals surface area contributed by atoms with Crippen molar-refractivity contribution in [2.45, 2.75) is 17.7 Å². The summed E-state index contributed by atoms with van der Waals surface area (Å²) < 4.78 is 0. The molecule has 0 heterocycles. The molecule has 0 aromatic heterocycles. The number of benzene rings is 1. The van der Waals surface area contributed by atoms with E-state index in [1.54, 1.807) is 12.1 Å². The number of thiol groups is 1. The van der Waals surface area contributed by atoms with Gasteiger partial charge >= 0.3 is 0 Å². The quantitative estimate of drug-likeness (QED) is 0.574. The summed E-state index contributed by atoms with van der Waals surface area (Å²) in [7, 11) is 0. The van der Waals surface area contributed by atoms with Gasteiger partial charge in [-0.2, -0.15) is 0 Å². The van der Waals surface area contributed by atoms with Crippen LogP contribution in [0.1, 0.15) is 18.4 Å². The molecule has 0 aliphatic heterocycles. The Bertz CT molecular complexity index is 299. The highest BCUT2D eigenvalue weighted by Gasteiger charge is 2.04. The molecule has 1 nitrogen and oxygen atoms in total. The zero-order chi connectivity index (χ0) is 9.14. The van der Waals surface area contributed by atoms with E-state index in [0.29, 0.717) is 5.02 Å². The molecule has 0 fully saturated rings. The van der Waals surface area contributed by atoms with E-state index < -0.39 is 0 Å². The van der Waals surface area contributed by atoms with Crippen molar-refractivity contribution in [3.63, 3.8) is 0 Å². The molecule has 1 rings (SSSR count). The van der Waals surface area contributed by atoms with Crippen molar-refractivity contribution in [2.75, 3.05) is 0 Å². The zero-order valence-corrected chi connectivity index (χ0v) is 8.27. The number of halogens is 1. The number of carbonyl (C=O) groups is 1. The Morgan fingerprint density at radius 2 is 2.25 bits per heavy atom. The van der Waals surface area contributed by atoms with Crippen LogP contribution in [0.25, 0.3) is 0 Å². The second-order valence-corrected chi connectivity index (χ2v) is 3.52. The third-order valence-electron chi connectivity index (χ3n) is 1.70. The topological polar surface area (TPSA) is 17.1 Å². The standard InChI is InChI=1S/C9H9ClOS/c1-6(5-11)7-2-3-9(12)8(10)4-7/h2-6,12H,1H3. The smallest absolute Gasteiger partial charge is 0.127 e. The van der Waals surface area contributed by atoms with Crippen molar-refractivity contribution in [3.8, 4) is 0 Å². The summed E-state index contributed by atoms with van der Waals surface area (Å²) in [6.45, 7) is 1.83. The molecule has 1 aromatic carbocycles. The normalized spacial score (nSPS) is 12.6. The van der Waals surface area contributed by atoms with E-state index in [1.807, 2.05) is 13.0 Å². The molecule has 3 heteroatoms. The van der Waals surface area contributed by atoms with Gasteiger partial charge in [0, 0.05) is 10.8 Å². The van der Waals surface area contributed by atoms with E-state index in [-0.39, 0.29) is 5.92 Å². The molecule has 0 amide bonds. The summed E-state index contributed by atoms with van der Waals surface area (Å²) in [5, 5.41) is 0.588. The van der Waals surface area contributed by atoms with E-state index in [1.165, 1.54) is 0 Å². The monoisotopic (exact) mass is 200 g/mol. The molecule has 0 bridgehead atoms. The molecule has 1 atom stereocenters. The molecule has 12 heavy (non-hydrogen) atoms. The maximum Gasteiger partial charge on any atom is 0.127 e. The summed E-state index contributed by atoms with van der Waals surface area (Å²) in [6, 6.07) is 5.41. The van der Waals surface area contributed by atoms with Crippen molar-refractivity contribution in [1.82, 2.24) is 0 Å². The number of rotatable bonds is 2. The maximum absolute atomic E-state index is 10.4. The molecule has 0 aliphatic rings. The van der Waals surface area contributed by atoms with Gasteiger partial charge in [0.05, 0.1) is 5.02 Å². The van der Waals surface area contributed by atoms with Gasteiger partial charge < -0.3 is 4.79 Å². The third-order valence-corrected chi connectivity index (χ3v) is 2.54. The van der Waals surface area contributed by atoms with Gasteiger partial charge in [0.25, 0.3) is 0 Å². The van der Waals surface area contributed by atoms with Crippen LogP contribution in [0.15, 0.2) is 23.1 Å². The largest absolute Gasteiger partial charge is 0.303 e. The summed E-state index contributed by atoms with van der Waals surface area (Å²) in [4.78, 5) is 11.2. The SMILES string of the molecule is CC(C=O)c1ccc(S)c(Cl)c1. The van der Waals surface area contributed by atoms with Crippen LogP contribution in [0.2, 0.25) is 5.02 Å². The first-order chi connectivity index (χ1) is 5.65. The molecule has 0 saturated carbocycles. The Morgan fingerprint density at radius 1 is 1.58 bits per heavy atom. The summed E-state index contributed by atoms with van der Waals surface area (Å²) in [6.07, 6.45) is 0.893. The van der Waals surface area contributed by atoms with E-state index in [2.05, 4.69) is 12.6 Å². The highest BCUT2D eigenvalue weighted by molar-refractivity contribution is 7.80. The first-order valence-corrected chi connectivity index (χ1v) is 4.41. The fraction of sp³-hybridized carbons (Fsp3) is 0.222. The second-order valence-electron chi connectivity index (χ2n) is 2.64. The Kier molecular flexibility index (Phi) is 3.18. The van der Waals surface area contributed by atoms with E-state index in [0.717, 1.165) is 16.7 Å². The van der Waals surface area contributed by atoms with Crippen molar-refractivity contribution in [3.05, 3.63) is 28.8 Å². The molecular formula is C9H9ClOS. The van der Waals surface area contributed by atoms with Crippen LogP contribution in [0, 0.1) is 0 Å². The van der Waals surface area contributed by atoms with Crippen molar-refractivity contribution in [2.24, 2.45) is 0 Å². The highest BCUT2D eigenvalue weighted by atomic mass is 35.5. The van der Waals surface area contributed by atoms with Crippen LogP contribution < -0.4 is 0 Å². The average molecular weight is 201 g/mol. The Balaban J connectivity index is 3.04. The number of hydrogen-bond donors (Lipinski definition) is 1. The van der Waals surface area contributed by atoms with Gasteiger partial charge in [0.1, 0.15) is 6.29 Å². The first-order valence-electron chi connectivity index (χ1n) is 3.59. The highest BCUT2D eigenvalue weighted by Crippen LogP contribution is 2.24. The number of carbonyl (C=O) groups excluding carboxylic acids is 1. The third kappa shape index (κ3) is 2.02.